The second-order valence-corrected chi connectivity index (χ2v) is 8.93. The SMILES string of the molecule is Cc1ccc2[nH]c(C(=O)C[C@@H](CC(C)C)C(=O)N[C@H](C#N)C[C@@H]3CCNC3=O)cc2c1. The Morgan fingerprint density at radius 1 is 1.29 bits per heavy atom. The number of hydrogen-bond acceptors (Lipinski definition) is 4. The van der Waals surface area contributed by atoms with Gasteiger partial charge >= 0.3 is 0 Å². The van der Waals surface area contributed by atoms with Gasteiger partial charge in [0.15, 0.2) is 5.78 Å². The zero-order chi connectivity index (χ0) is 22.5. The van der Waals surface area contributed by atoms with Crippen LogP contribution >= 0.6 is 0 Å². The average Bonchev–Trinajstić information content (AvgIpc) is 3.32. The normalized spacial score (nSPS) is 17.9. The smallest absolute Gasteiger partial charge is 0.224 e. The molecule has 1 saturated heterocycles. The molecule has 2 amide bonds. The highest BCUT2D eigenvalue weighted by Crippen LogP contribution is 2.23. The van der Waals surface area contributed by atoms with Crippen LogP contribution in [0.3, 0.4) is 0 Å². The first kappa shape index (κ1) is 22.5. The summed E-state index contributed by atoms with van der Waals surface area (Å²) in [4.78, 5) is 40.9. The number of carbonyl (C=O) groups excluding carboxylic acids is 3. The van der Waals surface area contributed by atoms with Gasteiger partial charge in [0.25, 0.3) is 0 Å². The van der Waals surface area contributed by atoms with Crippen molar-refractivity contribution >= 4 is 28.5 Å². The van der Waals surface area contributed by atoms with Crippen LogP contribution in [0.5, 0.6) is 0 Å². The quantitative estimate of drug-likeness (QED) is 0.538. The van der Waals surface area contributed by atoms with Crippen LogP contribution in [-0.2, 0) is 9.59 Å². The first-order chi connectivity index (χ1) is 14.8. The summed E-state index contributed by atoms with van der Waals surface area (Å²) in [7, 11) is 0. The summed E-state index contributed by atoms with van der Waals surface area (Å²) >= 11 is 0. The van der Waals surface area contributed by atoms with Gasteiger partial charge in [0.2, 0.25) is 11.8 Å². The lowest BCUT2D eigenvalue weighted by Gasteiger charge is -2.21. The number of nitrogens with one attached hydrogen (secondary N) is 3. The minimum absolute atomic E-state index is 0.0673. The van der Waals surface area contributed by atoms with Crippen LogP contribution < -0.4 is 10.6 Å². The molecule has 31 heavy (non-hydrogen) atoms. The molecule has 0 spiro atoms. The predicted molar refractivity (Wildman–Crippen MR) is 118 cm³/mol. The summed E-state index contributed by atoms with van der Waals surface area (Å²) in [5.41, 5.74) is 2.49. The second-order valence-electron chi connectivity index (χ2n) is 8.93. The van der Waals surface area contributed by atoms with E-state index >= 15 is 0 Å². The van der Waals surface area contributed by atoms with E-state index in [9.17, 15) is 19.6 Å². The van der Waals surface area contributed by atoms with Gasteiger partial charge in [0, 0.05) is 35.7 Å². The van der Waals surface area contributed by atoms with E-state index < -0.39 is 12.0 Å². The number of Topliss-reactive ketones (excluding diaryl/α,β-unsaturated/α-hetero) is 1. The van der Waals surface area contributed by atoms with Crippen molar-refractivity contribution in [1.29, 1.82) is 5.26 Å². The van der Waals surface area contributed by atoms with Crippen molar-refractivity contribution in [2.45, 2.75) is 52.5 Å². The van der Waals surface area contributed by atoms with Crippen LogP contribution in [0.4, 0.5) is 0 Å². The van der Waals surface area contributed by atoms with Crippen molar-refractivity contribution in [2.75, 3.05) is 6.54 Å². The van der Waals surface area contributed by atoms with Gasteiger partial charge in [-0.15, -0.1) is 0 Å². The molecule has 3 atom stereocenters. The molecule has 0 saturated carbocycles. The number of nitrogens with zero attached hydrogens (tertiary/aromatic N) is 1. The number of carbonyl (C=O) groups is 3. The first-order valence-electron chi connectivity index (χ1n) is 10.9. The van der Waals surface area contributed by atoms with Gasteiger partial charge in [-0.05, 0) is 50.3 Å². The number of H-pyrrole nitrogens is 1. The number of aryl methyl sites for hydroxylation is 1. The Morgan fingerprint density at radius 3 is 2.71 bits per heavy atom. The molecule has 7 nitrogen and oxygen atoms in total. The summed E-state index contributed by atoms with van der Waals surface area (Å²) in [6.07, 6.45) is 1.56. The Kier molecular flexibility index (Phi) is 7.11. The fourth-order valence-corrected chi connectivity index (χ4v) is 4.18. The Balaban J connectivity index is 1.69. The highest BCUT2D eigenvalue weighted by Gasteiger charge is 2.30. The Morgan fingerprint density at radius 2 is 2.06 bits per heavy atom. The summed E-state index contributed by atoms with van der Waals surface area (Å²) in [5, 5.41) is 16.0. The molecule has 164 valence electrons. The average molecular weight is 423 g/mol. The molecular weight excluding hydrogens is 392 g/mol. The van der Waals surface area contributed by atoms with Crippen molar-refractivity contribution in [3.8, 4) is 6.07 Å². The van der Waals surface area contributed by atoms with Crippen LogP contribution in [0.1, 0.15) is 55.6 Å². The lowest BCUT2D eigenvalue weighted by Crippen LogP contribution is -2.41. The van der Waals surface area contributed by atoms with Gasteiger partial charge in [-0.25, -0.2) is 0 Å². The number of aromatic amines is 1. The number of amides is 2. The van der Waals surface area contributed by atoms with Crippen LogP contribution in [0.15, 0.2) is 24.3 Å². The molecule has 0 radical (unpaired) electrons. The largest absolute Gasteiger partial charge is 0.356 e. The second kappa shape index (κ2) is 9.78. The number of hydrogen-bond donors (Lipinski definition) is 3. The molecule has 0 bridgehead atoms. The third kappa shape index (κ3) is 5.72. The Bertz CT molecular complexity index is 1020. The van der Waals surface area contributed by atoms with Crippen LogP contribution in [0, 0.1) is 36.0 Å². The molecule has 1 aliphatic rings. The first-order valence-corrected chi connectivity index (χ1v) is 10.9. The topological polar surface area (TPSA) is 115 Å². The number of rotatable bonds is 9. The molecule has 0 aliphatic carbocycles. The van der Waals surface area contributed by atoms with E-state index in [0.29, 0.717) is 25.1 Å². The molecule has 1 aliphatic heterocycles. The van der Waals surface area contributed by atoms with E-state index in [0.717, 1.165) is 16.5 Å². The van der Waals surface area contributed by atoms with Crippen molar-refractivity contribution in [1.82, 2.24) is 15.6 Å². The monoisotopic (exact) mass is 422 g/mol. The van der Waals surface area contributed by atoms with Gasteiger partial charge in [0.05, 0.1) is 11.8 Å². The van der Waals surface area contributed by atoms with Crippen LogP contribution in [0.25, 0.3) is 10.9 Å². The lowest BCUT2D eigenvalue weighted by molar-refractivity contribution is -0.127. The van der Waals surface area contributed by atoms with Crippen molar-refractivity contribution in [2.24, 2.45) is 17.8 Å². The summed E-state index contributed by atoms with van der Waals surface area (Å²) < 4.78 is 0. The van der Waals surface area contributed by atoms with Gasteiger partial charge in [-0.1, -0.05) is 25.5 Å². The molecule has 2 heterocycles. The van der Waals surface area contributed by atoms with Gasteiger partial charge < -0.3 is 15.6 Å². The van der Waals surface area contributed by atoms with Gasteiger partial charge in [0.1, 0.15) is 6.04 Å². The minimum Gasteiger partial charge on any atom is -0.356 e. The van der Waals surface area contributed by atoms with E-state index in [4.69, 9.17) is 0 Å². The molecule has 1 aromatic carbocycles. The zero-order valence-corrected chi connectivity index (χ0v) is 18.3. The van der Waals surface area contributed by atoms with Crippen LogP contribution in [0.2, 0.25) is 0 Å². The van der Waals surface area contributed by atoms with Gasteiger partial charge in [-0.3, -0.25) is 14.4 Å². The van der Waals surface area contributed by atoms with E-state index in [1.807, 2.05) is 45.0 Å². The molecule has 7 heteroatoms. The van der Waals surface area contributed by atoms with Crippen molar-refractivity contribution in [3.05, 3.63) is 35.5 Å². The molecular formula is C24H30N4O3. The minimum atomic E-state index is -0.748. The highest BCUT2D eigenvalue weighted by molar-refractivity contribution is 6.01. The molecule has 1 aromatic heterocycles. The number of benzene rings is 1. The maximum Gasteiger partial charge on any atom is 0.224 e. The maximum atomic E-state index is 13.0. The molecule has 0 unspecified atom stereocenters. The van der Waals surface area contributed by atoms with E-state index in [-0.39, 0.29) is 42.3 Å². The maximum absolute atomic E-state index is 13.0. The molecule has 2 aromatic rings. The molecule has 1 fully saturated rings. The molecule has 3 rings (SSSR count). The Labute approximate surface area is 182 Å². The zero-order valence-electron chi connectivity index (χ0n) is 18.3. The number of aromatic nitrogens is 1. The number of fused-ring (bicyclic) bond motifs is 1. The fraction of sp³-hybridized carbons (Fsp3) is 0.500. The lowest BCUT2D eigenvalue weighted by atomic mass is 9.90. The van der Waals surface area contributed by atoms with E-state index in [1.165, 1.54) is 0 Å². The van der Waals surface area contributed by atoms with Crippen molar-refractivity contribution in [3.63, 3.8) is 0 Å². The molecule has 3 N–H and O–H groups in total. The number of nitriles is 1. The van der Waals surface area contributed by atoms with Crippen molar-refractivity contribution < 1.29 is 14.4 Å². The standard InChI is InChI=1S/C24H30N4O3/c1-14(2)8-18(24(31)27-19(13-25)10-16-6-7-26-23(16)30)12-22(29)21-11-17-9-15(3)4-5-20(17)28-21/h4-5,9,11,14,16,18-19,28H,6-8,10,12H2,1-3H3,(H,26,30)(H,27,31)/t16-,18+,19-/m0/s1. The third-order valence-corrected chi connectivity index (χ3v) is 5.79. The predicted octanol–water partition coefficient (Wildman–Crippen LogP) is 3.25. The van der Waals surface area contributed by atoms with Crippen LogP contribution in [-0.4, -0.2) is 35.2 Å². The summed E-state index contributed by atoms with van der Waals surface area (Å²) in [6.45, 7) is 6.60. The number of ketones is 1. The highest BCUT2D eigenvalue weighted by atomic mass is 16.2. The Hall–Kier alpha value is -3.14. The summed E-state index contributed by atoms with van der Waals surface area (Å²) in [6, 6.07) is 9.10. The fourth-order valence-electron chi connectivity index (χ4n) is 4.18. The van der Waals surface area contributed by atoms with Gasteiger partial charge in [-0.2, -0.15) is 5.26 Å². The van der Waals surface area contributed by atoms with E-state index in [1.54, 1.807) is 0 Å². The van der Waals surface area contributed by atoms with E-state index in [2.05, 4.69) is 21.7 Å². The third-order valence-electron chi connectivity index (χ3n) is 5.79. The summed E-state index contributed by atoms with van der Waals surface area (Å²) in [5.74, 6) is -1.08.